The molecule has 1 unspecified atom stereocenters. The second-order valence-corrected chi connectivity index (χ2v) is 4.80. The molecule has 0 aromatic rings. The van der Waals surface area contributed by atoms with Crippen LogP contribution in [-0.2, 0) is 4.79 Å². The Balaban J connectivity index is 2.25. The van der Waals surface area contributed by atoms with E-state index in [2.05, 4.69) is 24.5 Å². The fraction of sp³-hybridized carbons (Fsp3) is 0.917. The molecule has 0 bridgehead atoms. The quantitative estimate of drug-likeness (QED) is 0.681. The minimum Gasteiger partial charge on any atom is -0.356 e. The van der Waals surface area contributed by atoms with Gasteiger partial charge in [0.2, 0.25) is 5.91 Å². The number of unbranched alkanes of at least 4 members (excludes halogenated alkanes) is 2. The molecule has 0 aromatic heterocycles. The summed E-state index contributed by atoms with van der Waals surface area (Å²) in [6.45, 7) is 6.95. The Kier molecular flexibility index (Phi) is 5.09. The van der Waals surface area contributed by atoms with E-state index in [4.69, 9.17) is 0 Å². The van der Waals surface area contributed by atoms with Crippen LogP contribution in [0.5, 0.6) is 0 Å². The van der Waals surface area contributed by atoms with Crippen LogP contribution in [0.15, 0.2) is 0 Å². The van der Waals surface area contributed by atoms with Crippen molar-refractivity contribution in [1.82, 2.24) is 10.6 Å². The van der Waals surface area contributed by atoms with Crippen LogP contribution in [0.2, 0.25) is 0 Å². The van der Waals surface area contributed by atoms with E-state index >= 15 is 0 Å². The van der Waals surface area contributed by atoms with Gasteiger partial charge in [-0.25, -0.2) is 0 Å². The lowest BCUT2D eigenvalue weighted by Crippen LogP contribution is -2.48. The van der Waals surface area contributed by atoms with Crippen molar-refractivity contribution in [2.75, 3.05) is 19.6 Å². The first kappa shape index (κ1) is 12.5. The lowest BCUT2D eigenvalue weighted by Gasteiger charge is -2.32. The van der Waals surface area contributed by atoms with E-state index in [0.29, 0.717) is 0 Å². The molecule has 0 spiro atoms. The molecule has 1 rings (SSSR count). The minimum atomic E-state index is -0.176. The molecule has 1 atom stereocenters. The third-order valence-corrected chi connectivity index (χ3v) is 3.21. The SMILES string of the molecule is CCCCCNC(=O)C1(C)CCCNC1. The molecule has 0 radical (unpaired) electrons. The van der Waals surface area contributed by atoms with Gasteiger partial charge in [0.05, 0.1) is 5.41 Å². The van der Waals surface area contributed by atoms with Gasteiger partial charge < -0.3 is 10.6 Å². The van der Waals surface area contributed by atoms with Gasteiger partial charge in [-0.1, -0.05) is 19.8 Å². The summed E-state index contributed by atoms with van der Waals surface area (Å²) in [5.41, 5.74) is -0.176. The van der Waals surface area contributed by atoms with Gasteiger partial charge in [0.15, 0.2) is 0 Å². The predicted octanol–water partition coefficient (Wildman–Crippen LogP) is 1.68. The van der Waals surface area contributed by atoms with Crippen molar-refractivity contribution in [2.24, 2.45) is 5.41 Å². The molecular formula is C12H24N2O. The number of nitrogens with one attached hydrogen (secondary N) is 2. The standard InChI is InChI=1S/C12H24N2O/c1-3-4-5-9-14-11(15)12(2)7-6-8-13-10-12/h13H,3-10H2,1-2H3,(H,14,15). The van der Waals surface area contributed by atoms with Crippen molar-refractivity contribution in [3.05, 3.63) is 0 Å². The summed E-state index contributed by atoms with van der Waals surface area (Å²) in [7, 11) is 0. The molecular weight excluding hydrogens is 188 g/mol. The summed E-state index contributed by atoms with van der Waals surface area (Å²) < 4.78 is 0. The molecule has 0 saturated carbocycles. The van der Waals surface area contributed by atoms with Crippen LogP contribution in [0.4, 0.5) is 0 Å². The molecule has 1 aliphatic rings. The zero-order valence-corrected chi connectivity index (χ0v) is 10.1. The summed E-state index contributed by atoms with van der Waals surface area (Å²) in [4.78, 5) is 11.9. The molecule has 15 heavy (non-hydrogen) atoms. The largest absolute Gasteiger partial charge is 0.356 e. The number of carbonyl (C=O) groups excluding carboxylic acids is 1. The van der Waals surface area contributed by atoms with Crippen molar-refractivity contribution in [3.63, 3.8) is 0 Å². The summed E-state index contributed by atoms with van der Waals surface area (Å²) in [5, 5.41) is 6.35. The third-order valence-electron chi connectivity index (χ3n) is 3.21. The van der Waals surface area contributed by atoms with E-state index in [1.165, 1.54) is 12.8 Å². The fourth-order valence-corrected chi connectivity index (χ4v) is 2.04. The number of carbonyl (C=O) groups is 1. The summed E-state index contributed by atoms with van der Waals surface area (Å²) in [6.07, 6.45) is 5.63. The molecule has 1 heterocycles. The number of hydrogen-bond acceptors (Lipinski definition) is 2. The van der Waals surface area contributed by atoms with E-state index in [1.54, 1.807) is 0 Å². The number of amides is 1. The maximum atomic E-state index is 11.9. The van der Waals surface area contributed by atoms with Gasteiger partial charge in [-0.2, -0.15) is 0 Å². The van der Waals surface area contributed by atoms with E-state index in [0.717, 1.165) is 38.9 Å². The molecule has 88 valence electrons. The highest BCUT2D eigenvalue weighted by atomic mass is 16.2. The fourth-order valence-electron chi connectivity index (χ4n) is 2.04. The maximum absolute atomic E-state index is 11.9. The topological polar surface area (TPSA) is 41.1 Å². The molecule has 3 nitrogen and oxygen atoms in total. The van der Waals surface area contributed by atoms with Crippen LogP contribution in [0, 0.1) is 5.41 Å². The van der Waals surface area contributed by atoms with Crippen LogP contribution in [0.3, 0.4) is 0 Å². The Bertz CT molecular complexity index is 198. The van der Waals surface area contributed by atoms with Crippen molar-refractivity contribution < 1.29 is 4.79 Å². The lowest BCUT2D eigenvalue weighted by atomic mass is 9.82. The van der Waals surface area contributed by atoms with Gasteiger partial charge in [-0.15, -0.1) is 0 Å². The van der Waals surface area contributed by atoms with Gasteiger partial charge in [0, 0.05) is 13.1 Å². The van der Waals surface area contributed by atoms with Crippen molar-refractivity contribution in [2.45, 2.75) is 46.0 Å². The third kappa shape index (κ3) is 3.82. The number of hydrogen-bond donors (Lipinski definition) is 2. The first-order valence-corrected chi connectivity index (χ1v) is 6.18. The summed E-state index contributed by atoms with van der Waals surface area (Å²) >= 11 is 0. The van der Waals surface area contributed by atoms with Crippen molar-refractivity contribution in [1.29, 1.82) is 0 Å². The molecule has 1 amide bonds. The predicted molar refractivity (Wildman–Crippen MR) is 62.7 cm³/mol. The van der Waals surface area contributed by atoms with Gasteiger partial charge in [0.1, 0.15) is 0 Å². The maximum Gasteiger partial charge on any atom is 0.227 e. The Morgan fingerprint density at radius 2 is 2.27 bits per heavy atom. The highest BCUT2D eigenvalue weighted by molar-refractivity contribution is 5.82. The van der Waals surface area contributed by atoms with Crippen LogP contribution in [-0.4, -0.2) is 25.5 Å². The van der Waals surface area contributed by atoms with Crippen LogP contribution >= 0.6 is 0 Å². The van der Waals surface area contributed by atoms with Crippen LogP contribution in [0.1, 0.15) is 46.0 Å². The van der Waals surface area contributed by atoms with E-state index in [9.17, 15) is 4.79 Å². The molecule has 1 fully saturated rings. The van der Waals surface area contributed by atoms with E-state index in [1.807, 2.05) is 0 Å². The lowest BCUT2D eigenvalue weighted by molar-refractivity contribution is -0.131. The molecule has 0 aliphatic carbocycles. The van der Waals surface area contributed by atoms with E-state index in [-0.39, 0.29) is 11.3 Å². The number of piperidine rings is 1. The molecule has 1 aliphatic heterocycles. The Morgan fingerprint density at radius 3 is 2.87 bits per heavy atom. The minimum absolute atomic E-state index is 0.176. The first-order valence-electron chi connectivity index (χ1n) is 6.18. The monoisotopic (exact) mass is 212 g/mol. The Labute approximate surface area is 93.0 Å². The van der Waals surface area contributed by atoms with Gasteiger partial charge >= 0.3 is 0 Å². The van der Waals surface area contributed by atoms with Crippen LogP contribution < -0.4 is 10.6 Å². The second kappa shape index (κ2) is 6.11. The zero-order chi connectivity index (χ0) is 11.1. The first-order chi connectivity index (χ1) is 7.19. The van der Waals surface area contributed by atoms with E-state index < -0.39 is 0 Å². The summed E-state index contributed by atoms with van der Waals surface area (Å²) in [6, 6.07) is 0. The highest BCUT2D eigenvalue weighted by Crippen LogP contribution is 2.25. The normalized spacial score (nSPS) is 26.3. The van der Waals surface area contributed by atoms with Crippen molar-refractivity contribution in [3.8, 4) is 0 Å². The molecule has 3 heteroatoms. The average Bonchev–Trinajstić information content (AvgIpc) is 2.25. The Morgan fingerprint density at radius 1 is 1.47 bits per heavy atom. The second-order valence-electron chi connectivity index (χ2n) is 4.80. The van der Waals surface area contributed by atoms with Gasteiger partial charge in [-0.05, 0) is 32.7 Å². The molecule has 0 aromatic carbocycles. The zero-order valence-electron chi connectivity index (χ0n) is 10.1. The van der Waals surface area contributed by atoms with Crippen molar-refractivity contribution >= 4 is 5.91 Å². The van der Waals surface area contributed by atoms with Crippen LogP contribution in [0.25, 0.3) is 0 Å². The molecule has 2 N–H and O–H groups in total. The van der Waals surface area contributed by atoms with Gasteiger partial charge in [-0.3, -0.25) is 4.79 Å². The average molecular weight is 212 g/mol. The van der Waals surface area contributed by atoms with Gasteiger partial charge in [0.25, 0.3) is 0 Å². The number of rotatable bonds is 5. The Hall–Kier alpha value is -0.570. The highest BCUT2D eigenvalue weighted by Gasteiger charge is 2.33. The summed E-state index contributed by atoms with van der Waals surface area (Å²) in [5.74, 6) is 0.228. The smallest absolute Gasteiger partial charge is 0.227 e. The molecule has 1 saturated heterocycles.